The summed E-state index contributed by atoms with van der Waals surface area (Å²) in [7, 11) is 0. The standard InChI is InChI=1S/C18H20O2/c1-14(2)16-10-8-15(9-11-16)12-17(19)13-20-18-6-4-3-5-7-18/h3-11,14H,12-13H2,1-2H3. The number of para-hydroxylation sites is 1. The van der Waals surface area contributed by atoms with Crippen LogP contribution in [0.4, 0.5) is 0 Å². The molecule has 0 N–H and O–H groups in total. The molecule has 2 aromatic rings. The highest BCUT2D eigenvalue weighted by molar-refractivity contribution is 5.82. The second-order valence-electron chi connectivity index (χ2n) is 5.21. The highest BCUT2D eigenvalue weighted by atomic mass is 16.5. The molecule has 0 aromatic heterocycles. The first-order valence-corrected chi connectivity index (χ1v) is 6.93. The van der Waals surface area contributed by atoms with Gasteiger partial charge in [0.2, 0.25) is 0 Å². The zero-order valence-corrected chi connectivity index (χ0v) is 12.0. The summed E-state index contributed by atoms with van der Waals surface area (Å²) in [5.41, 5.74) is 2.33. The Hall–Kier alpha value is -2.09. The van der Waals surface area contributed by atoms with E-state index >= 15 is 0 Å². The van der Waals surface area contributed by atoms with E-state index in [0.717, 1.165) is 11.3 Å². The molecule has 0 aliphatic heterocycles. The first-order chi connectivity index (χ1) is 9.65. The first kappa shape index (κ1) is 14.3. The molecule has 0 amide bonds. The molecule has 2 aromatic carbocycles. The maximum atomic E-state index is 11.9. The van der Waals surface area contributed by atoms with Crippen LogP contribution in [0.3, 0.4) is 0 Å². The van der Waals surface area contributed by atoms with Crippen molar-refractivity contribution in [1.29, 1.82) is 0 Å². The van der Waals surface area contributed by atoms with Crippen LogP contribution in [-0.4, -0.2) is 12.4 Å². The average molecular weight is 268 g/mol. The van der Waals surface area contributed by atoms with E-state index in [2.05, 4.69) is 26.0 Å². The molecule has 0 saturated heterocycles. The van der Waals surface area contributed by atoms with Gasteiger partial charge in [0.05, 0.1) is 0 Å². The van der Waals surface area contributed by atoms with Gasteiger partial charge in [-0.3, -0.25) is 4.79 Å². The molecular formula is C18H20O2. The molecule has 2 nitrogen and oxygen atoms in total. The van der Waals surface area contributed by atoms with Crippen molar-refractivity contribution >= 4 is 5.78 Å². The Labute approximate surface area is 120 Å². The lowest BCUT2D eigenvalue weighted by atomic mass is 10.0. The van der Waals surface area contributed by atoms with E-state index in [4.69, 9.17) is 4.74 Å². The molecular weight excluding hydrogens is 248 g/mol. The number of rotatable bonds is 6. The molecule has 20 heavy (non-hydrogen) atoms. The number of hydrogen-bond acceptors (Lipinski definition) is 2. The van der Waals surface area contributed by atoms with Gasteiger partial charge in [-0.25, -0.2) is 0 Å². The lowest BCUT2D eigenvalue weighted by Gasteiger charge is -2.07. The summed E-state index contributed by atoms with van der Waals surface area (Å²) in [4.78, 5) is 11.9. The molecule has 0 spiro atoms. The van der Waals surface area contributed by atoms with Gasteiger partial charge in [-0.05, 0) is 29.2 Å². The van der Waals surface area contributed by atoms with Gasteiger partial charge in [0.15, 0.2) is 5.78 Å². The van der Waals surface area contributed by atoms with Crippen molar-refractivity contribution in [2.24, 2.45) is 0 Å². The number of carbonyl (C=O) groups is 1. The molecule has 104 valence electrons. The van der Waals surface area contributed by atoms with E-state index in [1.165, 1.54) is 5.56 Å². The van der Waals surface area contributed by atoms with Gasteiger partial charge in [0.25, 0.3) is 0 Å². The number of benzene rings is 2. The van der Waals surface area contributed by atoms with Crippen LogP contribution in [0.15, 0.2) is 54.6 Å². The summed E-state index contributed by atoms with van der Waals surface area (Å²) in [5, 5.41) is 0. The van der Waals surface area contributed by atoms with Crippen molar-refractivity contribution in [2.45, 2.75) is 26.2 Å². The summed E-state index contributed by atoms with van der Waals surface area (Å²) in [6.45, 7) is 4.44. The van der Waals surface area contributed by atoms with E-state index in [1.54, 1.807) is 0 Å². The Morgan fingerprint density at radius 1 is 1.00 bits per heavy atom. The largest absolute Gasteiger partial charge is 0.486 e. The second kappa shape index (κ2) is 6.90. The molecule has 0 aliphatic carbocycles. The van der Waals surface area contributed by atoms with Crippen molar-refractivity contribution in [3.63, 3.8) is 0 Å². The Morgan fingerprint density at radius 3 is 2.25 bits per heavy atom. The third kappa shape index (κ3) is 4.23. The Morgan fingerprint density at radius 2 is 1.65 bits per heavy atom. The Balaban J connectivity index is 1.85. The van der Waals surface area contributed by atoms with Crippen molar-refractivity contribution in [1.82, 2.24) is 0 Å². The highest BCUT2D eigenvalue weighted by Gasteiger charge is 2.06. The van der Waals surface area contributed by atoms with Gasteiger partial charge in [-0.1, -0.05) is 56.3 Å². The summed E-state index contributed by atoms with van der Waals surface area (Å²) in [5.74, 6) is 1.34. The van der Waals surface area contributed by atoms with Gasteiger partial charge in [-0.15, -0.1) is 0 Å². The fourth-order valence-electron chi connectivity index (χ4n) is 1.98. The molecule has 2 heteroatoms. The SMILES string of the molecule is CC(C)c1ccc(CC(=O)COc2ccccc2)cc1. The number of ether oxygens (including phenoxy) is 1. The number of Topliss-reactive ketones (excluding diaryl/α,β-unsaturated/α-hetero) is 1. The third-order valence-electron chi connectivity index (χ3n) is 3.19. The van der Waals surface area contributed by atoms with Crippen LogP contribution in [0, 0.1) is 0 Å². The lowest BCUT2D eigenvalue weighted by Crippen LogP contribution is -2.13. The van der Waals surface area contributed by atoms with Crippen LogP contribution >= 0.6 is 0 Å². The highest BCUT2D eigenvalue weighted by Crippen LogP contribution is 2.15. The lowest BCUT2D eigenvalue weighted by molar-refractivity contribution is -0.120. The predicted octanol–water partition coefficient (Wildman–Crippen LogP) is 4.00. The van der Waals surface area contributed by atoms with Crippen LogP contribution < -0.4 is 4.74 Å². The minimum Gasteiger partial charge on any atom is -0.486 e. The smallest absolute Gasteiger partial charge is 0.174 e. The molecule has 0 fully saturated rings. The zero-order valence-electron chi connectivity index (χ0n) is 12.0. The van der Waals surface area contributed by atoms with Crippen molar-refractivity contribution < 1.29 is 9.53 Å². The Kier molecular flexibility index (Phi) is 4.94. The molecule has 0 heterocycles. The molecule has 0 aliphatic rings. The third-order valence-corrected chi connectivity index (χ3v) is 3.19. The zero-order chi connectivity index (χ0) is 14.4. The van der Waals surface area contributed by atoms with Crippen LogP contribution in [0.2, 0.25) is 0 Å². The van der Waals surface area contributed by atoms with Gasteiger partial charge in [0.1, 0.15) is 12.4 Å². The maximum Gasteiger partial charge on any atom is 0.174 e. The maximum absolute atomic E-state index is 11.9. The number of ketones is 1. The monoisotopic (exact) mass is 268 g/mol. The van der Waals surface area contributed by atoms with E-state index in [-0.39, 0.29) is 12.4 Å². The molecule has 2 rings (SSSR count). The normalized spacial score (nSPS) is 10.6. The molecule has 0 atom stereocenters. The molecule has 0 unspecified atom stereocenters. The molecule has 0 radical (unpaired) electrons. The minimum absolute atomic E-state index is 0.0890. The van der Waals surface area contributed by atoms with Crippen molar-refractivity contribution in [2.75, 3.05) is 6.61 Å². The van der Waals surface area contributed by atoms with Crippen molar-refractivity contribution in [3.8, 4) is 5.75 Å². The predicted molar refractivity (Wildman–Crippen MR) is 81.2 cm³/mol. The van der Waals surface area contributed by atoms with E-state index < -0.39 is 0 Å². The van der Waals surface area contributed by atoms with E-state index in [1.807, 2.05) is 42.5 Å². The van der Waals surface area contributed by atoms with Crippen LogP contribution in [-0.2, 0) is 11.2 Å². The summed E-state index contributed by atoms with van der Waals surface area (Å²) >= 11 is 0. The second-order valence-corrected chi connectivity index (χ2v) is 5.21. The van der Waals surface area contributed by atoms with Crippen molar-refractivity contribution in [3.05, 3.63) is 65.7 Å². The fourth-order valence-corrected chi connectivity index (χ4v) is 1.98. The number of carbonyl (C=O) groups excluding carboxylic acids is 1. The van der Waals surface area contributed by atoms with Crippen LogP contribution in [0.5, 0.6) is 5.75 Å². The van der Waals surface area contributed by atoms with Gasteiger partial charge >= 0.3 is 0 Å². The van der Waals surface area contributed by atoms with Crippen LogP contribution in [0.1, 0.15) is 30.9 Å². The summed E-state index contributed by atoms with van der Waals surface area (Å²) < 4.78 is 5.45. The van der Waals surface area contributed by atoms with Crippen LogP contribution in [0.25, 0.3) is 0 Å². The average Bonchev–Trinajstić information content (AvgIpc) is 2.47. The fraction of sp³-hybridized carbons (Fsp3) is 0.278. The summed E-state index contributed by atoms with van der Waals surface area (Å²) in [6, 6.07) is 17.6. The molecule has 0 bridgehead atoms. The van der Waals surface area contributed by atoms with E-state index in [9.17, 15) is 4.79 Å². The quantitative estimate of drug-likeness (QED) is 0.791. The first-order valence-electron chi connectivity index (χ1n) is 6.93. The topological polar surface area (TPSA) is 26.3 Å². The number of hydrogen-bond donors (Lipinski definition) is 0. The minimum atomic E-state index is 0.0890. The summed E-state index contributed by atoms with van der Waals surface area (Å²) in [6.07, 6.45) is 0.422. The van der Waals surface area contributed by atoms with Gasteiger partial charge < -0.3 is 4.74 Å². The Bertz CT molecular complexity index is 541. The van der Waals surface area contributed by atoms with Gasteiger partial charge in [-0.2, -0.15) is 0 Å². The van der Waals surface area contributed by atoms with Gasteiger partial charge in [0, 0.05) is 6.42 Å². The van der Waals surface area contributed by atoms with E-state index in [0.29, 0.717) is 12.3 Å². The molecule has 0 saturated carbocycles.